The first-order valence-corrected chi connectivity index (χ1v) is 10.2. The highest BCUT2D eigenvalue weighted by molar-refractivity contribution is 7.66. The summed E-state index contributed by atoms with van der Waals surface area (Å²) in [4.78, 5) is 0. The maximum Gasteiger partial charge on any atom is 0.308 e. The van der Waals surface area contributed by atoms with Crippen molar-refractivity contribution in [3.05, 3.63) is 0 Å². The Balaban J connectivity index is 6.40. The fourth-order valence-corrected chi connectivity index (χ4v) is 7.90. The van der Waals surface area contributed by atoms with Gasteiger partial charge in [-0.1, -0.05) is 0 Å². The fraction of sp³-hybridized carbons (Fsp3) is 1.00. The third kappa shape index (κ3) is 4.21. The van der Waals surface area contributed by atoms with Crippen molar-refractivity contribution in [2.75, 3.05) is 28.2 Å². The number of rotatable bonds is 7. The molecule has 0 aliphatic carbocycles. The fourth-order valence-electron chi connectivity index (χ4n) is 2.63. The van der Waals surface area contributed by atoms with Gasteiger partial charge in [0, 0.05) is 46.3 Å². The minimum atomic E-state index is -1.82. The zero-order valence-electron chi connectivity index (χ0n) is 17.5. The topological polar surface area (TPSA) is 13.0 Å². The molecule has 134 valence electrons. The minimum Gasteiger partial charge on any atom is -0.134 e. The van der Waals surface area contributed by atoms with Crippen molar-refractivity contribution in [1.29, 1.82) is 0 Å². The van der Waals surface area contributed by atoms with E-state index in [-0.39, 0.29) is 5.54 Å². The minimum absolute atomic E-state index is 0.100. The van der Waals surface area contributed by atoms with Crippen LogP contribution in [0.4, 0.5) is 0 Å². The van der Waals surface area contributed by atoms with Gasteiger partial charge >= 0.3 is 7.87 Å². The normalized spacial score (nSPS) is 14.7. The predicted molar refractivity (Wildman–Crippen MR) is 103 cm³/mol. The van der Waals surface area contributed by atoms with Crippen LogP contribution in [0.25, 0.3) is 0 Å². The first-order chi connectivity index (χ1) is 9.72. The Morgan fingerprint density at radius 2 is 0.818 bits per heavy atom. The zero-order chi connectivity index (χ0) is 18.0. The lowest BCUT2D eigenvalue weighted by molar-refractivity contribution is 0.192. The molecular formula is C17H42N4P+. The van der Waals surface area contributed by atoms with Crippen molar-refractivity contribution in [2.45, 2.75) is 86.0 Å². The Bertz CT molecular complexity index is 300. The van der Waals surface area contributed by atoms with E-state index in [0.29, 0.717) is 18.1 Å². The average molecular weight is 334 g/mol. The van der Waals surface area contributed by atoms with E-state index >= 15 is 0 Å². The van der Waals surface area contributed by atoms with Crippen molar-refractivity contribution in [3.8, 4) is 0 Å². The smallest absolute Gasteiger partial charge is 0.134 e. The maximum atomic E-state index is 2.61. The molecule has 0 aromatic heterocycles. The molecule has 0 spiro atoms. The average Bonchev–Trinajstić information content (AvgIpc) is 2.36. The Morgan fingerprint density at radius 3 is 0.955 bits per heavy atom. The van der Waals surface area contributed by atoms with Crippen LogP contribution in [0.1, 0.15) is 62.3 Å². The zero-order valence-corrected chi connectivity index (χ0v) is 18.4. The van der Waals surface area contributed by atoms with E-state index < -0.39 is 7.87 Å². The van der Waals surface area contributed by atoms with Gasteiger partial charge in [-0.15, -0.1) is 18.7 Å². The van der Waals surface area contributed by atoms with E-state index in [4.69, 9.17) is 0 Å². The largest absolute Gasteiger partial charge is 0.308 e. The summed E-state index contributed by atoms with van der Waals surface area (Å²) < 4.78 is 10.4. The first-order valence-electron chi connectivity index (χ1n) is 8.55. The molecule has 0 fully saturated rings. The van der Waals surface area contributed by atoms with E-state index in [0.717, 1.165) is 0 Å². The summed E-state index contributed by atoms with van der Waals surface area (Å²) in [5, 5.41) is 0. The molecule has 0 saturated carbocycles. The summed E-state index contributed by atoms with van der Waals surface area (Å²) in [5.74, 6) is 0. The summed E-state index contributed by atoms with van der Waals surface area (Å²) in [7, 11) is 7.35. The maximum absolute atomic E-state index is 2.61. The summed E-state index contributed by atoms with van der Waals surface area (Å²) >= 11 is 0. The predicted octanol–water partition coefficient (Wildman–Crippen LogP) is 4.41. The second-order valence-corrected chi connectivity index (χ2v) is 11.8. The summed E-state index contributed by atoms with van der Waals surface area (Å²) in [5.41, 5.74) is 0.100. The Kier molecular flexibility index (Phi) is 7.99. The second kappa shape index (κ2) is 7.90. The van der Waals surface area contributed by atoms with Gasteiger partial charge in [-0.2, -0.15) is 0 Å². The number of hydrogen-bond donors (Lipinski definition) is 0. The molecule has 22 heavy (non-hydrogen) atoms. The molecule has 5 heteroatoms. The lowest BCUT2D eigenvalue weighted by Crippen LogP contribution is -2.57. The number of nitrogens with zero attached hydrogens (tertiary/aromatic N) is 4. The van der Waals surface area contributed by atoms with Gasteiger partial charge in [0.1, 0.15) is 0 Å². The Labute approximate surface area is 141 Å². The van der Waals surface area contributed by atoms with Gasteiger partial charge in [0.15, 0.2) is 0 Å². The highest BCUT2D eigenvalue weighted by Crippen LogP contribution is 2.71. The lowest BCUT2D eigenvalue weighted by atomic mass is 10.1. The molecule has 0 rings (SSSR count). The molecule has 0 saturated heterocycles. The van der Waals surface area contributed by atoms with Gasteiger partial charge in [-0.25, -0.2) is 0 Å². The van der Waals surface area contributed by atoms with Gasteiger partial charge < -0.3 is 0 Å². The Morgan fingerprint density at radius 1 is 0.591 bits per heavy atom. The van der Waals surface area contributed by atoms with Crippen molar-refractivity contribution >= 4 is 7.87 Å². The van der Waals surface area contributed by atoms with Gasteiger partial charge in [0.25, 0.3) is 0 Å². The van der Waals surface area contributed by atoms with Crippen LogP contribution in [-0.4, -0.2) is 70.5 Å². The molecule has 0 amide bonds. The van der Waals surface area contributed by atoms with Crippen molar-refractivity contribution in [3.63, 3.8) is 0 Å². The first kappa shape index (κ1) is 22.3. The molecular weight excluding hydrogens is 291 g/mol. The molecule has 0 aliphatic rings. The molecule has 0 atom stereocenters. The van der Waals surface area contributed by atoms with Gasteiger partial charge in [-0.3, -0.25) is 0 Å². The second-order valence-electron chi connectivity index (χ2n) is 8.23. The van der Waals surface area contributed by atoms with E-state index in [1.165, 1.54) is 0 Å². The van der Waals surface area contributed by atoms with Crippen LogP contribution in [0, 0.1) is 0 Å². The van der Waals surface area contributed by atoms with Crippen LogP contribution < -0.4 is 0 Å². The van der Waals surface area contributed by atoms with Gasteiger partial charge in [0.05, 0.1) is 5.54 Å². The number of hydrogen-bond acceptors (Lipinski definition) is 4. The van der Waals surface area contributed by atoms with Gasteiger partial charge in [0.2, 0.25) is 0 Å². The van der Waals surface area contributed by atoms with Crippen LogP contribution in [-0.2, 0) is 0 Å². The quantitative estimate of drug-likeness (QED) is 0.640. The molecule has 0 heterocycles. The van der Waals surface area contributed by atoms with Gasteiger partial charge in [-0.05, 0) is 62.3 Å². The van der Waals surface area contributed by atoms with Crippen molar-refractivity contribution in [1.82, 2.24) is 18.7 Å². The van der Waals surface area contributed by atoms with Crippen LogP contribution in [0.2, 0.25) is 0 Å². The van der Waals surface area contributed by atoms with E-state index in [2.05, 4.69) is 109 Å². The monoisotopic (exact) mass is 333 g/mol. The van der Waals surface area contributed by atoms with E-state index in [1.54, 1.807) is 0 Å². The molecule has 0 aromatic carbocycles. The van der Waals surface area contributed by atoms with E-state index in [9.17, 15) is 0 Å². The molecule has 4 nitrogen and oxygen atoms in total. The molecule has 0 radical (unpaired) electrons. The molecule has 0 N–H and O–H groups in total. The molecule has 0 aliphatic heterocycles. The molecule has 0 aromatic rings. The summed E-state index contributed by atoms with van der Waals surface area (Å²) in [6, 6.07) is 1.46. The van der Waals surface area contributed by atoms with Crippen LogP contribution in [0.3, 0.4) is 0 Å². The SMILES string of the molecule is CC(C)N(C)[P+](N(C)C(C)C)(N(C)C(C)C)N(C)C(C)(C)C. The molecule has 0 unspecified atom stereocenters. The van der Waals surface area contributed by atoms with Crippen LogP contribution in [0.5, 0.6) is 0 Å². The highest BCUT2D eigenvalue weighted by Gasteiger charge is 2.61. The summed E-state index contributed by atoms with van der Waals surface area (Å²) in [6.45, 7) is 20.7. The van der Waals surface area contributed by atoms with Crippen LogP contribution in [0.15, 0.2) is 0 Å². The van der Waals surface area contributed by atoms with Crippen molar-refractivity contribution < 1.29 is 0 Å². The molecule has 0 bridgehead atoms. The third-order valence-electron chi connectivity index (χ3n) is 4.89. The standard InChI is InChI=1S/C17H42N4P/c1-14(2)18(10)22(19(11)15(3)4,20(12)16(5)6)21(13)17(7,8)9/h14-16H,1-13H3/q+1. The highest BCUT2D eigenvalue weighted by atomic mass is 31.2. The summed E-state index contributed by atoms with van der Waals surface area (Å²) in [6.07, 6.45) is 0. The van der Waals surface area contributed by atoms with Crippen molar-refractivity contribution in [2.24, 2.45) is 0 Å². The third-order valence-corrected chi connectivity index (χ3v) is 10.2. The lowest BCUT2D eigenvalue weighted by Gasteiger charge is -2.53. The Hall–Kier alpha value is 0.270. The van der Waals surface area contributed by atoms with E-state index in [1.807, 2.05) is 0 Å². The van der Waals surface area contributed by atoms with Crippen LogP contribution >= 0.6 is 7.87 Å².